The Morgan fingerprint density at radius 2 is 2.06 bits per heavy atom. The molecule has 0 fully saturated rings. The van der Waals surface area contributed by atoms with Gasteiger partial charge < -0.3 is 16.2 Å². The molecule has 0 radical (unpaired) electrons. The van der Waals surface area contributed by atoms with E-state index in [4.69, 9.17) is 5.73 Å². The Morgan fingerprint density at radius 3 is 2.56 bits per heavy atom. The number of phenols is 1. The zero-order valence-corrected chi connectivity index (χ0v) is 9.82. The molecule has 4 heteroatoms. The second-order valence-electron chi connectivity index (χ2n) is 4.26. The fourth-order valence-corrected chi connectivity index (χ4v) is 1.26. The standard InChI is InChI=1S/C12H18N2O2/c1-7(2)11(13)12(16)14-9-4-5-10(15)8(3)6-9/h4-7,11,15H,13H2,1-3H3,(H,14,16). The molecule has 1 rings (SSSR count). The number of hydrogen-bond donors (Lipinski definition) is 3. The summed E-state index contributed by atoms with van der Waals surface area (Å²) in [6, 6.07) is 4.38. The molecule has 4 N–H and O–H groups in total. The lowest BCUT2D eigenvalue weighted by molar-refractivity contribution is -0.118. The van der Waals surface area contributed by atoms with Crippen LogP contribution in [0, 0.1) is 12.8 Å². The first-order valence-corrected chi connectivity index (χ1v) is 5.28. The van der Waals surface area contributed by atoms with Crippen molar-refractivity contribution >= 4 is 11.6 Å². The van der Waals surface area contributed by atoms with Gasteiger partial charge in [0.15, 0.2) is 0 Å². The normalized spacial score (nSPS) is 12.6. The molecule has 0 aliphatic carbocycles. The van der Waals surface area contributed by atoms with Crippen molar-refractivity contribution in [3.8, 4) is 5.75 Å². The maximum absolute atomic E-state index is 11.7. The molecule has 0 saturated carbocycles. The van der Waals surface area contributed by atoms with E-state index in [9.17, 15) is 9.90 Å². The van der Waals surface area contributed by atoms with Crippen LogP contribution in [-0.4, -0.2) is 17.1 Å². The third-order valence-electron chi connectivity index (χ3n) is 2.49. The van der Waals surface area contributed by atoms with Crippen molar-refractivity contribution in [2.24, 2.45) is 11.7 Å². The molecular formula is C12H18N2O2. The molecule has 88 valence electrons. The van der Waals surface area contributed by atoms with E-state index in [-0.39, 0.29) is 17.6 Å². The van der Waals surface area contributed by atoms with Gasteiger partial charge in [0.2, 0.25) is 5.91 Å². The van der Waals surface area contributed by atoms with Gasteiger partial charge in [0, 0.05) is 5.69 Å². The number of carbonyl (C=O) groups excluding carboxylic acids is 1. The van der Waals surface area contributed by atoms with Gasteiger partial charge in [0.1, 0.15) is 5.75 Å². The third kappa shape index (κ3) is 2.97. The number of benzene rings is 1. The van der Waals surface area contributed by atoms with Crippen LogP contribution in [0.3, 0.4) is 0 Å². The van der Waals surface area contributed by atoms with Crippen molar-refractivity contribution < 1.29 is 9.90 Å². The molecule has 0 spiro atoms. The first-order chi connectivity index (χ1) is 7.41. The average Bonchev–Trinajstić information content (AvgIpc) is 2.22. The second kappa shape index (κ2) is 4.99. The van der Waals surface area contributed by atoms with Crippen LogP contribution < -0.4 is 11.1 Å². The van der Waals surface area contributed by atoms with Gasteiger partial charge >= 0.3 is 0 Å². The number of rotatable bonds is 3. The van der Waals surface area contributed by atoms with Gasteiger partial charge in [0.05, 0.1) is 6.04 Å². The highest BCUT2D eigenvalue weighted by atomic mass is 16.3. The van der Waals surface area contributed by atoms with Crippen LogP contribution >= 0.6 is 0 Å². The Hall–Kier alpha value is -1.55. The van der Waals surface area contributed by atoms with Crippen LogP contribution in [0.15, 0.2) is 18.2 Å². The summed E-state index contributed by atoms with van der Waals surface area (Å²) in [5.74, 6) is 0.101. The molecule has 1 aromatic carbocycles. The molecule has 1 atom stereocenters. The Kier molecular flexibility index (Phi) is 3.90. The Balaban J connectivity index is 2.74. The summed E-state index contributed by atoms with van der Waals surface area (Å²) in [5.41, 5.74) is 7.08. The second-order valence-corrected chi connectivity index (χ2v) is 4.26. The molecule has 1 unspecified atom stereocenters. The summed E-state index contributed by atoms with van der Waals surface area (Å²) in [6.07, 6.45) is 0. The number of amides is 1. The lowest BCUT2D eigenvalue weighted by atomic mass is 10.0. The lowest BCUT2D eigenvalue weighted by Gasteiger charge is -2.15. The van der Waals surface area contributed by atoms with Gasteiger partial charge in [-0.25, -0.2) is 0 Å². The van der Waals surface area contributed by atoms with Crippen LogP contribution in [0.25, 0.3) is 0 Å². The number of aromatic hydroxyl groups is 1. The number of anilines is 1. The predicted octanol–water partition coefficient (Wildman–Crippen LogP) is 1.62. The van der Waals surface area contributed by atoms with E-state index in [1.807, 2.05) is 13.8 Å². The largest absolute Gasteiger partial charge is 0.508 e. The highest BCUT2D eigenvalue weighted by molar-refractivity contribution is 5.94. The molecule has 0 aliphatic rings. The van der Waals surface area contributed by atoms with Crippen LogP contribution in [0.2, 0.25) is 0 Å². The van der Waals surface area contributed by atoms with E-state index >= 15 is 0 Å². The fraction of sp³-hybridized carbons (Fsp3) is 0.417. The molecule has 0 bridgehead atoms. The fourth-order valence-electron chi connectivity index (χ4n) is 1.26. The maximum Gasteiger partial charge on any atom is 0.241 e. The minimum absolute atomic E-state index is 0.0956. The van der Waals surface area contributed by atoms with E-state index in [1.54, 1.807) is 25.1 Å². The lowest BCUT2D eigenvalue weighted by Crippen LogP contribution is -2.39. The minimum atomic E-state index is -0.519. The molecular weight excluding hydrogens is 204 g/mol. The quantitative estimate of drug-likeness (QED) is 0.680. The molecule has 0 heterocycles. The average molecular weight is 222 g/mol. The Labute approximate surface area is 95.5 Å². The van der Waals surface area contributed by atoms with E-state index < -0.39 is 6.04 Å². The zero-order chi connectivity index (χ0) is 12.3. The molecule has 16 heavy (non-hydrogen) atoms. The van der Waals surface area contributed by atoms with Crippen LogP contribution in [0.5, 0.6) is 5.75 Å². The number of aryl methyl sites for hydroxylation is 1. The maximum atomic E-state index is 11.7. The van der Waals surface area contributed by atoms with Crippen molar-refractivity contribution in [1.82, 2.24) is 0 Å². The minimum Gasteiger partial charge on any atom is -0.508 e. The van der Waals surface area contributed by atoms with Gasteiger partial charge in [-0.05, 0) is 36.6 Å². The molecule has 0 aliphatic heterocycles. The molecule has 1 aromatic rings. The SMILES string of the molecule is Cc1cc(NC(=O)C(N)C(C)C)ccc1O. The predicted molar refractivity (Wildman–Crippen MR) is 64.3 cm³/mol. The van der Waals surface area contributed by atoms with Crippen molar-refractivity contribution in [3.63, 3.8) is 0 Å². The van der Waals surface area contributed by atoms with Gasteiger partial charge in [0.25, 0.3) is 0 Å². The third-order valence-corrected chi connectivity index (χ3v) is 2.49. The molecule has 0 aromatic heterocycles. The summed E-state index contributed by atoms with van der Waals surface area (Å²) in [7, 11) is 0. The Bertz CT molecular complexity index is 389. The Morgan fingerprint density at radius 1 is 1.44 bits per heavy atom. The summed E-state index contributed by atoms with van der Waals surface area (Å²) in [4.78, 5) is 11.7. The summed E-state index contributed by atoms with van der Waals surface area (Å²) in [6.45, 7) is 5.56. The number of carbonyl (C=O) groups is 1. The van der Waals surface area contributed by atoms with Crippen LogP contribution in [0.4, 0.5) is 5.69 Å². The van der Waals surface area contributed by atoms with Gasteiger partial charge in [-0.2, -0.15) is 0 Å². The van der Waals surface area contributed by atoms with E-state index in [2.05, 4.69) is 5.32 Å². The number of hydrogen-bond acceptors (Lipinski definition) is 3. The van der Waals surface area contributed by atoms with E-state index in [1.165, 1.54) is 0 Å². The number of phenolic OH excluding ortho intramolecular Hbond substituents is 1. The number of nitrogens with two attached hydrogens (primary N) is 1. The first-order valence-electron chi connectivity index (χ1n) is 5.28. The van der Waals surface area contributed by atoms with Crippen molar-refractivity contribution in [1.29, 1.82) is 0 Å². The van der Waals surface area contributed by atoms with Gasteiger partial charge in [-0.3, -0.25) is 4.79 Å². The van der Waals surface area contributed by atoms with Gasteiger partial charge in [-0.15, -0.1) is 0 Å². The highest BCUT2D eigenvalue weighted by Gasteiger charge is 2.17. The van der Waals surface area contributed by atoms with Crippen LogP contribution in [-0.2, 0) is 4.79 Å². The topological polar surface area (TPSA) is 75.4 Å². The van der Waals surface area contributed by atoms with Crippen molar-refractivity contribution in [2.75, 3.05) is 5.32 Å². The smallest absolute Gasteiger partial charge is 0.241 e. The summed E-state index contributed by atoms with van der Waals surface area (Å²) in [5, 5.41) is 12.1. The van der Waals surface area contributed by atoms with E-state index in [0.717, 1.165) is 5.56 Å². The summed E-state index contributed by atoms with van der Waals surface area (Å²) < 4.78 is 0. The molecule has 4 nitrogen and oxygen atoms in total. The zero-order valence-electron chi connectivity index (χ0n) is 9.82. The van der Waals surface area contributed by atoms with Crippen molar-refractivity contribution in [3.05, 3.63) is 23.8 Å². The van der Waals surface area contributed by atoms with Crippen molar-refractivity contribution in [2.45, 2.75) is 26.8 Å². The highest BCUT2D eigenvalue weighted by Crippen LogP contribution is 2.20. The number of nitrogens with one attached hydrogen (secondary N) is 1. The van der Waals surface area contributed by atoms with Gasteiger partial charge in [-0.1, -0.05) is 13.8 Å². The summed E-state index contributed by atoms with van der Waals surface area (Å²) >= 11 is 0. The molecule has 1 amide bonds. The van der Waals surface area contributed by atoms with Crippen LogP contribution in [0.1, 0.15) is 19.4 Å². The first kappa shape index (κ1) is 12.5. The van der Waals surface area contributed by atoms with E-state index in [0.29, 0.717) is 5.69 Å². The molecule has 0 saturated heterocycles. The monoisotopic (exact) mass is 222 g/mol.